The summed E-state index contributed by atoms with van der Waals surface area (Å²) in [5, 5.41) is 0.0358. The number of fused-ring (bicyclic) bond motifs is 2. The Labute approximate surface area is 189 Å². The minimum Gasteiger partial charge on any atom is -0.488 e. The Morgan fingerprint density at radius 3 is 2.12 bits per heavy atom. The molecule has 0 fully saturated rings. The first-order valence-corrected chi connectivity index (χ1v) is 10.2. The largest absolute Gasteiger partial charge is 0.488 e. The molecule has 1 aliphatic heterocycles. The topological polar surface area (TPSA) is 92.0 Å². The average molecular weight is 444 g/mol. The van der Waals surface area contributed by atoms with Gasteiger partial charge in [-0.2, -0.15) is 0 Å². The highest BCUT2D eigenvalue weighted by atomic mass is 16.6. The summed E-state index contributed by atoms with van der Waals surface area (Å²) in [6, 6.07) is 21.4. The normalized spacial score (nSPS) is 11.2. The van der Waals surface area contributed by atoms with Crippen molar-refractivity contribution in [2.45, 2.75) is 20.5 Å². The van der Waals surface area contributed by atoms with Gasteiger partial charge in [-0.25, -0.2) is 0 Å². The standard InChI is InChI=1S/C19H14O6.C7H6O/c1-11(20)23-16-9-8-15-18(19(16)24-12(2)21)14(22)10-17(25-15)13-6-4-3-5-7-13;1-2-4-7-6(3-1)5-8-7/h3-10H,1-2H3;1-4H,5H2. The van der Waals surface area contributed by atoms with Crippen LogP contribution in [0, 0.1) is 0 Å². The molecule has 2 heterocycles. The van der Waals surface area contributed by atoms with Crippen molar-refractivity contribution in [3.05, 3.63) is 88.6 Å². The van der Waals surface area contributed by atoms with Crippen molar-refractivity contribution in [1.82, 2.24) is 0 Å². The van der Waals surface area contributed by atoms with Gasteiger partial charge in [-0.15, -0.1) is 0 Å². The Morgan fingerprint density at radius 2 is 1.55 bits per heavy atom. The first-order chi connectivity index (χ1) is 15.9. The second kappa shape index (κ2) is 9.40. The number of carbonyl (C=O) groups excluding carboxylic acids is 2. The lowest BCUT2D eigenvalue weighted by Crippen LogP contribution is -2.11. The highest BCUT2D eigenvalue weighted by Crippen LogP contribution is 2.35. The zero-order valence-electron chi connectivity index (χ0n) is 18.0. The zero-order chi connectivity index (χ0) is 23.4. The SMILES string of the molecule is CC(=O)Oc1ccc2oc(-c3ccccc3)cc(=O)c2c1OC(C)=O.c1ccc2c(c1)CO2. The highest BCUT2D eigenvalue weighted by Gasteiger charge is 2.19. The molecule has 7 nitrogen and oxygen atoms in total. The fraction of sp³-hybridized carbons (Fsp3) is 0.115. The van der Waals surface area contributed by atoms with Gasteiger partial charge in [0.2, 0.25) is 0 Å². The smallest absolute Gasteiger partial charge is 0.308 e. The molecule has 4 aromatic rings. The molecular formula is C26H20O7. The van der Waals surface area contributed by atoms with E-state index in [1.807, 2.05) is 48.5 Å². The molecule has 1 aliphatic rings. The van der Waals surface area contributed by atoms with Crippen molar-refractivity contribution >= 4 is 22.9 Å². The molecule has 166 valence electrons. The van der Waals surface area contributed by atoms with E-state index in [2.05, 4.69) is 6.07 Å². The zero-order valence-corrected chi connectivity index (χ0v) is 18.0. The van der Waals surface area contributed by atoms with E-state index in [9.17, 15) is 14.4 Å². The predicted molar refractivity (Wildman–Crippen MR) is 121 cm³/mol. The molecule has 0 saturated heterocycles. The quantitative estimate of drug-likeness (QED) is 0.328. The van der Waals surface area contributed by atoms with E-state index in [0.717, 1.165) is 17.9 Å². The van der Waals surface area contributed by atoms with Crippen molar-refractivity contribution in [1.29, 1.82) is 0 Å². The molecule has 3 aromatic carbocycles. The monoisotopic (exact) mass is 444 g/mol. The number of benzene rings is 3. The molecule has 0 aliphatic carbocycles. The lowest BCUT2D eigenvalue weighted by molar-refractivity contribution is -0.134. The van der Waals surface area contributed by atoms with Crippen LogP contribution >= 0.6 is 0 Å². The van der Waals surface area contributed by atoms with Gasteiger partial charge in [0.15, 0.2) is 16.9 Å². The lowest BCUT2D eigenvalue weighted by atomic mass is 10.1. The maximum Gasteiger partial charge on any atom is 0.308 e. The Morgan fingerprint density at radius 1 is 0.848 bits per heavy atom. The summed E-state index contributed by atoms with van der Waals surface area (Å²) in [5.41, 5.74) is 1.87. The van der Waals surface area contributed by atoms with Crippen molar-refractivity contribution < 1.29 is 28.2 Å². The maximum absolute atomic E-state index is 12.6. The maximum atomic E-state index is 12.6. The van der Waals surface area contributed by atoms with Crippen LogP contribution in [-0.4, -0.2) is 11.9 Å². The minimum atomic E-state index is -0.646. The van der Waals surface area contributed by atoms with Crippen LogP contribution < -0.4 is 19.6 Å². The molecule has 33 heavy (non-hydrogen) atoms. The van der Waals surface area contributed by atoms with Gasteiger partial charge < -0.3 is 18.6 Å². The number of hydrogen-bond donors (Lipinski definition) is 0. The number of ether oxygens (including phenoxy) is 3. The molecular weight excluding hydrogens is 424 g/mol. The van der Waals surface area contributed by atoms with Crippen LogP contribution in [-0.2, 0) is 16.2 Å². The predicted octanol–water partition coefficient (Wildman–Crippen LogP) is 4.89. The van der Waals surface area contributed by atoms with Gasteiger partial charge in [0.1, 0.15) is 29.1 Å². The number of esters is 2. The molecule has 0 saturated carbocycles. The molecule has 0 atom stereocenters. The van der Waals surface area contributed by atoms with Crippen LogP contribution in [0.2, 0.25) is 0 Å². The first kappa shape index (κ1) is 21.8. The average Bonchev–Trinajstić information content (AvgIpc) is 2.76. The summed E-state index contributed by atoms with van der Waals surface area (Å²) in [6.45, 7) is 3.20. The fourth-order valence-corrected chi connectivity index (χ4v) is 3.27. The van der Waals surface area contributed by atoms with Gasteiger partial charge in [0.25, 0.3) is 0 Å². The molecule has 0 amide bonds. The number of carbonyl (C=O) groups is 2. The Bertz CT molecular complexity index is 1360. The molecule has 5 rings (SSSR count). The lowest BCUT2D eigenvalue weighted by Gasteiger charge is -2.18. The van der Waals surface area contributed by atoms with E-state index in [1.54, 1.807) is 0 Å². The minimum absolute atomic E-state index is 0.0186. The summed E-state index contributed by atoms with van der Waals surface area (Å²) >= 11 is 0. The molecule has 0 unspecified atom stereocenters. The Kier molecular flexibility index (Phi) is 6.22. The fourth-order valence-electron chi connectivity index (χ4n) is 3.27. The van der Waals surface area contributed by atoms with Crippen molar-refractivity contribution in [2.75, 3.05) is 0 Å². The van der Waals surface area contributed by atoms with Crippen LogP contribution in [0.15, 0.2) is 82.0 Å². The van der Waals surface area contributed by atoms with Crippen molar-refractivity contribution in [2.24, 2.45) is 0 Å². The van der Waals surface area contributed by atoms with Crippen LogP contribution in [0.1, 0.15) is 19.4 Å². The third-order valence-corrected chi connectivity index (χ3v) is 4.73. The molecule has 0 radical (unpaired) electrons. The van der Waals surface area contributed by atoms with Crippen molar-refractivity contribution in [3.8, 4) is 28.6 Å². The van der Waals surface area contributed by atoms with Crippen LogP contribution in [0.4, 0.5) is 0 Å². The summed E-state index contributed by atoms with van der Waals surface area (Å²) in [6.07, 6.45) is 0. The van der Waals surface area contributed by atoms with Crippen LogP contribution in [0.25, 0.3) is 22.3 Å². The second-order valence-corrected chi connectivity index (χ2v) is 7.19. The molecule has 0 spiro atoms. The van der Waals surface area contributed by atoms with Gasteiger partial charge in [0, 0.05) is 31.0 Å². The highest BCUT2D eigenvalue weighted by molar-refractivity contribution is 5.91. The van der Waals surface area contributed by atoms with Crippen molar-refractivity contribution in [3.63, 3.8) is 0 Å². The van der Waals surface area contributed by atoms with Gasteiger partial charge >= 0.3 is 11.9 Å². The van der Waals surface area contributed by atoms with E-state index in [0.29, 0.717) is 5.76 Å². The van der Waals surface area contributed by atoms with E-state index in [1.165, 1.54) is 37.6 Å². The Hall–Kier alpha value is -4.39. The van der Waals surface area contributed by atoms with Gasteiger partial charge in [-0.05, 0) is 18.2 Å². The summed E-state index contributed by atoms with van der Waals surface area (Å²) in [4.78, 5) is 35.3. The van der Waals surface area contributed by atoms with E-state index < -0.39 is 17.4 Å². The van der Waals surface area contributed by atoms with E-state index >= 15 is 0 Å². The number of rotatable bonds is 3. The third kappa shape index (κ3) is 4.93. The molecule has 0 N–H and O–H groups in total. The molecule has 1 aromatic heterocycles. The Balaban J connectivity index is 0.000000269. The van der Waals surface area contributed by atoms with Crippen LogP contribution in [0.3, 0.4) is 0 Å². The summed E-state index contributed by atoms with van der Waals surface area (Å²) < 4.78 is 21.0. The summed E-state index contributed by atoms with van der Waals surface area (Å²) in [7, 11) is 0. The van der Waals surface area contributed by atoms with Gasteiger partial charge in [-0.1, -0.05) is 48.5 Å². The molecule has 7 heteroatoms. The molecule has 0 bridgehead atoms. The second-order valence-electron chi connectivity index (χ2n) is 7.19. The van der Waals surface area contributed by atoms with Gasteiger partial charge in [-0.3, -0.25) is 14.4 Å². The summed E-state index contributed by atoms with van der Waals surface area (Å²) in [5.74, 6) is 0.0358. The van der Waals surface area contributed by atoms with Gasteiger partial charge in [0.05, 0.1) is 0 Å². The number of para-hydroxylation sites is 1. The number of hydrogen-bond acceptors (Lipinski definition) is 7. The van der Waals surface area contributed by atoms with E-state index in [4.69, 9.17) is 18.6 Å². The third-order valence-electron chi connectivity index (χ3n) is 4.73. The van der Waals surface area contributed by atoms with Crippen LogP contribution in [0.5, 0.6) is 17.2 Å². The first-order valence-electron chi connectivity index (χ1n) is 10.2. The van der Waals surface area contributed by atoms with E-state index in [-0.39, 0.29) is 22.5 Å².